The summed E-state index contributed by atoms with van der Waals surface area (Å²) >= 11 is 3.12. The first-order valence-electron chi connectivity index (χ1n) is 7.54. The zero-order valence-corrected chi connectivity index (χ0v) is 14.3. The summed E-state index contributed by atoms with van der Waals surface area (Å²) in [6.45, 7) is 0.534. The fourth-order valence-electron chi connectivity index (χ4n) is 2.79. The molecule has 0 fully saturated rings. The number of aromatic nitrogens is 2. The van der Waals surface area contributed by atoms with Gasteiger partial charge < -0.3 is 9.72 Å². The van der Waals surface area contributed by atoms with Gasteiger partial charge in [-0.05, 0) is 34.5 Å². The Morgan fingerprint density at radius 1 is 1.04 bits per heavy atom. The SMILES string of the molecule is BrC#Cc1cc2c(cn1)[nH]c1cccc(OCc3ccccc3)c12. The Kier molecular flexibility index (Phi) is 3.94. The molecule has 0 atom stereocenters. The molecule has 3 nitrogen and oxygen atoms in total. The van der Waals surface area contributed by atoms with E-state index in [1.54, 1.807) is 0 Å². The number of rotatable bonds is 3. The number of H-pyrrole nitrogens is 1. The van der Waals surface area contributed by atoms with Crippen LogP contribution in [0.3, 0.4) is 0 Å². The standard InChI is InChI=1S/C20H13BrN2O/c21-10-9-15-11-16-18(12-22-15)23-17-7-4-8-19(20(16)17)24-13-14-5-2-1-3-6-14/h1-8,11-12,23H,13H2. The van der Waals surface area contributed by atoms with Crippen molar-refractivity contribution in [2.24, 2.45) is 0 Å². The van der Waals surface area contributed by atoms with Gasteiger partial charge >= 0.3 is 0 Å². The van der Waals surface area contributed by atoms with E-state index < -0.39 is 0 Å². The van der Waals surface area contributed by atoms with Crippen LogP contribution in [0.5, 0.6) is 5.75 Å². The van der Waals surface area contributed by atoms with Gasteiger partial charge in [0, 0.05) is 26.7 Å². The molecule has 0 spiro atoms. The van der Waals surface area contributed by atoms with Crippen LogP contribution in [0.4, 0.5) is 0 Å². The second-order valence-electron chi connectivity index (χ2n) is 5.41. The molecule has 2 aromatic heterocycles. The van der Waals surface area contributed by atoms with Crippen molar-refractivity contribution < 1.29 is 4.74 Å². The Hall–Kier alpha value is -2.77. The number of fused-ring (bicyclic) bond motifs is 3. The molecule has 4 heteroatoms. The summed E-state index contributed by atoms with van der Waals surface area (Å²) in [4.78, 5) is 10.4. The number of benzene rings is 2. The second-order valence-corrected chi connectivity index (χ2v) is 5.81. The topological polar surface area (TPSA) is 37.9 Å². The average Bonchev–Trinajstić information content (AvgIpc) is 3.00. The molecule has 24 heavy (non-hydrogen) atoms. The third kappa shape index (κ3) is 2.75. The van der Waals surface area contributed by atoms with E-state index in [1.807, 2.05) is 48.7 Å². The van der Waals surface area contributed by atoms with Gasteiger partial charge in [0.15, 0.2) is 0 Å². The van der Waals surface area contributed by atoms with Crippen molar-refractivity contribution in [3.8, 4) is 16.5 Å². The smallest absolute Gasteiger partial charge is 0.129 e. The van der Waals surface area contributed by atoms with Crippen molar-refractivity contribution in [2.75, 3.05) is 0 Å². The van der Waals surface area contributed by atoms with Crippen LogP contribution in [0.25, 0.3) is 21.8 Å². The molecule has 116 valence electrons. The van der Waals surface area contributed by atoms with Gasteiger partial charge in [0.05, 0.1) is 17.2 Å². The largest absolute Gasteiger partial charge is 0.488 e. The maximum absolute atomic E-state index is 6.09. The zero-order chi connectivity index (χ0) is 16.4. The van der Waals surface area contributed by atoms with Crippen LogP contribution in [-0.2, 0) is 6.61 Å². The minimum Gasteiger partial charge on any atom is -0.488 e. The highest BCUT2D eigenvalue weighted by Crippen LogP contribution is 2.33. The number of ether oxygens (including phenoxy) is 1. The van der Waals surface area contributed by atoms with Gasteiger partial charge in [-0.1, -0.05) is 36.4 Å². The molecular formula is C20H13BrN2O. The second kappa shape index (κ2) is 6.38. The van der Waals surface area contributed by atoms with E-state index in [2.05, 4.69) is 48.8 Å². The normalized spacial score (nSPS) is 10.5. The van der Waals surface area contributed by atoms with Crippen LogP contribution in [0, 0.1) is 10.8 Å². The number of nitrogens with one attached hydrogen (secondary N) is 1. The predicted octanol–water partition coefficient (Wildman–Crippen LogP) is 5.00. The molecule has 2 aromatic carbocycles. The van der Waals surface area contributed by atoms with Crippen LogP contribution in [0.2, 0.25) is 0 Å². The number of nitrogens with zero attached hydrogens (tertiary/aromatic N) is 1. The van der Waals surface area contributed by atoms with Crippen LogP contribution in [-0.4, -0.2) is 9.97 Å². The summed E-state index contributed by atoms with van der Waals surface area (Å²) in [5, 5.41) is 2.12. The van der Waals surface area contributed by atoms with Crippen LogP contribution in [0.1, 0.15) is 11.3 Å². The summed E-state index contributed by atoms with van der Waals surface area (Å²) in [6, 6.07) is 18.2. The molecule has 0 bridgehead atoms. The third-order valence-electron chi connectivity index (χ3n) is 3.88. The van der Waals surface area contributed by atoms with Crippen LogP contribution >= 0.6 is 15.9 Å². The molecule has 0 unspecified atom stereocenters. The van der Waals surface area contributed by atoms with Gasteiger partial charge in [-0.25, -0.2) is 4.98 Å². The lowest BCUT2D eigenvalue weighted by Gasteiger charge is -2.08. The van der Waals surface area contributed by atoms with E-state index in [0.717, 1.165) is 38.8 Å². The molecule has 0 saturated heterocycles. The minimum atomic E-state index is 0.534. The lowest BCUT2D eigenvalue weighted by atomic mass is 10.1. The van der Waals surface area contributed by atoms with E-state index in [-0.39, 0.29) is 0 Å². The highest BCUT2D eigenvalue weighted by molar-refractivity contribution is 9.12. The van der Waals surface area contributed by atoms with Crippen LogP contribution < -0.4 is 4.74 Å². The van der Waals surface area contributed by atoms with E-state index in [0.29, 0.717) is 6.61 Å². The molecule has 1 N–H and O–H groups in total. The van der Waals surface area contributed by atoms with Crippen molar-refractivity contribution in [1.29, 1.82) is 0 Å². The molecule has 2 heterocycles. The van der Waals surface area contributed by atoms with Gasteiger partial charge in [-0.15, -0.1) is 0 Å². The van der Waals surface area contributed by atoms with Crippen molar-refractivity contribution >= 4 is 37.7 Å². The zero-order valence-electron chi connectivity index (χ0n) is 12.7. The van der Waals surface area contributed by atoms with Gasteiger partial charge in [0.1, 0.15) is 18.1 Å². The molecule has 0 amide bonds. The number of hydrogen-bond acceptors (Lipinski definition) is 2. The van der Waals surface area contributed by atoms with Gasteiger partial charge in [-0.3, -0.25) is 0 Å². The maximum Gasteiger partial charge on any atom is 0.129 e. The van der Waals surface area contributed by atoms with Crippen molar-refractivity contribution in [1.82, 2.24) is 9.97 Å². The van der Waals surface area contributed by atoms with Crippen molar-refractivity contribution in [2.45, 2.75) is 6.61 Å². The lowest BCUT2D eigenvalue weighted by molar-refractivity contribution is 0.310. The molecule has 0 aliphatic heterocycles. The highest BCUT2D eigenvalue weighted by Gasteiger charge is 2.11. The lowest BCUT2D eigenvalue weighted by Crippen LogP contribution is -1.95. The summed E-state index contributed by atoms with van der Waals surface area (Å²) < 4.78 is 6.09. The van der Waals surface area contributed by atoms with E-state index >= 15 is 0 Å². The van der Waals surface area contributed by atoms with Crippen molar-refractivity contribution in [3.05, 3.63) is 72.1 Å². The Morgan fingerprint density at radius 3 is 2.75 bits per heavy atom. The molecular weight excluding hydrogens is 364 g/mol. The van der Waals surface area contributed by atoms with E-state index in [4.69, 9.17) is 4.74 Å². The summed E-state index contributed by atoms with van der Waals surface area (Å²) in [7, 11) is 0. The quantitative estimate of drug-likeness (QED) is 0.511. The third-order valence-corrected chi connectivity index (χ3v) is 4.08. The maximum atomic E-state index is 6.09. The van der Waals surface area contributed by atoms with Gasteiger partial charge in [0.25, 0.3) is 0 Å². The van der Waals surface area contributed by atoms with Crippen LogP contribution in [0.15, 0.2) is 60.8 Å². The average molecular weight is 377 g/mol. The Balaban J connectivity index is 1.80. The Morgan fingerprint density at radius 2 is 1.92 bits per heavy atom. The highest BCUT2D eigenvalue weighted by atomic mass is 79.9. The fraction of sp³-hybridized carbons (Fsp3) is 0.0500. The van der Waals surface area contributed by atoms with Gasteiger partial charge in [-0.2, -0.15) is 0 Å². The Labute approximate surface area is 147 Å². The van der Waals surface area contributed by atoms with Gasteiger partial charge in [0.2, 0.25) is 0 Å². The molecule has 0 saturated carbocycles. The number of hydrogen-bond donors (Lipinski definition) is 1. The minimum absolute atomic E-state index is 0.534. The molecule has 0 aliphatic carbocycles. The monoisotopic (exact) mass is 376 g/mol. The number of pyridine rings is 1. The first kappa shape index (κ1) is 14.8. The number of aromatic amines is 1. The first-order valence-corrected chi connectivity index (χ1v) is 8.33. The summed E-state index contributed by atoms with van der Waals surface area (Å²) in [5.41, 5.74) is 3.86. The molecule has 4 aromatic rings. The van der Waals surface area contributed by atoms with Crippen molar-refractivity contribution in [3.63, 3.8) is 0 Å². The van der Waals surface area contributed by atoms with E-state index in [1.165, 1.54) is 0 Å². The molecule has 0 radical (unpaired) electrons. The summed E-state index contributed by atoms with van der Waals surface area (Å²) in [6.07, 6.45) is 1.81. The van der Waals surface area contributed by atoms with E-state index in [9.17, 15) is 0 Å². The number of halogens is 1. The predicted molar refractivity (Wildman–Crippen MR) is 100 cm³/mol. The molecule has 4 rings (SSSR count). The first-order chi connectivity index (χ1) is 11.8. The fourth-order valence-corrected chi connectivity index (χ4v) is 3.00. The Bertz CT molecular complexity index is 1070. The molecule has 0 aliphatic rings. The summed E-state index contributed by atoms with van der Waals surface area (Å²) in [5.74, 6) is 3.79.